The van der Waals surface area contributed by atoms with E-state index in [4.69, 9.17) is 5.73 Å². The minimum Gasteiger partial charge on any atom is -0.359 e. The summed E-state index contributed by atoms with van der Waals surface area (Å²) in [7, 11) is 1.62. The number of carbonyl (C=O) groups excluding carboxylic acids is 2. The average Bonchev–Trinajstić information content (AvgIpc) is 3.00. The Kier molecular flexibility index (Phi) is 5.43. The molecule has 1 saturated heterocycles. The van der Waals surface area contributed by atoms with Crippen LogP contribution in [0.3, 0.4) is 0 Å². The SMILES string of the molecule is CNC(=O)CCc1cc(C)nc(C2CCCN2C(=O)CN)n1. The standard InChI is InChI=1S/C15H23N5O2/c1-10-8-11(5-6-13(21)17-2)19-15(18-10)12-4-3-7-20(12)14(22)9-16/h8,12H,3-7,9,16H2,1-2H3,(H,17,21). The molecule has 1 aliphatic heterocycles. The second-order valence-electron chi connectivity index (χ2n) is 5.48. The number of hydrogen-bond donors (Lipinski definition) is 2. The van der Waals surface area contributed by atoms with Crippen molar-refractivity contribution in [1.82, 2.24) is 20.2 Å². The molecule has 0 spiro atoms. The predicted molar refractivity (Wildman–Crippen MR) is 81.9 cm³/mol. The van der Waals surface area contributed by atoms with Gasteiger partial charge in [-0.05, 0) is 32.3 Å². The zero-order valence-electron chi connectivity index (χ0n) is 13.1. The van der Waals surface area contributed by atoms with Crippen LogP contribution in [-0.2, 0) is 16.0 Å². The third-order valence-corrected chi connectivity index (χ3v) is 3.86. The van der Waals surface area contributed by atoms with Crippen molar-refractivity contribution in [3.63, 3.8) is 0 Å². The molecule has 120 valence electrons. The Hall–Kier alpha value is -2.02. The summed E-state index contributed by atoms with van der Waals surface area (Å²) in [6.07, 6.45) is 2.74. The third-order valence-electron chi connectivity index (χ3n) is 3.86. The summed E-state index contributed by atoms with van der Waals surface area (Å²) >= 11 is 0. The summed E-state index contributed by atoms with van der Waals surface area (Å²) in [6, 6.07) is 1.78. The van der Waals surface area contributed by atoms with Gasteiger partial charge in [0.25, 0.3) is 0 Å². The minimum atomic E-state index is -0.102. The molecule has 1 fully saturated rings. The number of hydrogen-bond acceptors (Lipinski definition) is 5. The lowest BCUT2D eigenvalue weighted by Crippen LogP contribution is -2.36. The van der Waals surface area contributed by atoms with Crippen LogP contribution in [0.1, 0.15) is 42.5 Å². The fourth-order valence-electron chi connectivity index (χ4n) is 2.75. The van der Waals surface area contributed by atoms with Crippen LogP contribution >= 0.6 is 0 Å². The molecule has 7 nitrogen and oxygen atoms in total. The smallest absolute Gasteiger partial charge is 0.236 e. The van der Waals surface area contributed by atoms with Crippen molar-refractivity contribution in [3.05, 3.63) is 23.3 Å². The first-order valence-electron chi connectivity index (χ1n) is 7.59. The van der Waals surface area contributed by atoms with Crippen molar-refractivity contribution in [2.75, 3.05) is 20.1 Å². The number of likely N-dealkylation sites (tertiary alicyclic amines) is 1. The van der Waals surface area contributed by atoms with Crippen LogP contribution in [-0.4, -0.2) is 46.8 Å². The molecule has 0 aromatic carbocycles. The minimum absolute atomic E-state index is 0.00580. The number of rotatable bonds is 5. The van der Waals surface area contributed by atoms with Gasteiger partial charge >= 0.3 is 0 Å². The summed E-state index contributed by atoms with van der Waals surface area (Å²) in [5.74, 6) is 0.573. The highest BCUT2D eigenvalue weighted by Crippen LogP contribution is 2.30. The van der Waals surface area contributed by atoms with E-state index in [1.54, 1.807) is 11.9 Å². The van der Waals surface area contributed by atoms with Crippen LogP contribution in [0.15, 0.2) is 6.07 Å². The molecule has 7 heteroatoms. The van der Waals surface area contributed by atoms with Crippen molar-refractivity contribution in [2.24, 2.45) is 5.73 Å². The molecule has 2 heterocycles. The quantitative estimate of drug-likeness (QED) is 0.802. The average molecular weight is 305 g/mol. The molecular weight excluding hydrogens is 282 g/mol. The number of amides is 2. The van der Waals surface area contributed by atoms with Gasteiger partial charge in [-0.15, -0.1) is 0 Å². The van der Waals surface area contributed by atoms with E-state index in [9.17, 15) is 9.59 Å². The van der Waals surface area contributed by atoms with Gasteiger partial charge in [-0.2, -0.15) is 0 Å². The van der Waals surface area contributed by atoms with Crippen LogP contribution < -0.4 is 11.1 Å². The molecule has 0 aliphatic carbocycles. The van der Waals surface area contributed by atoms with Gasteiger partial charge in [-0.1, -0.05) is 0 Å². The summed E-state index contributed by atoms with van der Waals surface area (Å²) in [5.41, 5.74) is 7.15. The van der Waals surface area contributed by atoms with Crippen molar-refractivity contribution in [1.29, 1.82) is 0 Å². The van der Waals surface area contributed by atoms with Crippen molar-refractivity contribution in [3.8, 4) is 0 Å². The fraction of sp³-hybridized carbons (Fsp3) is 0.600. The Labute approximate surface area is 130 Å². The topological polar surface area (TPSA) is 101 Å². The maximum atomic E-state index is 11.9. The van der Waals surface area contributed by atoms with Crippen LogP contribution in [0.4, 0.5) is 0 Å². The Morgan fingerprint density at radius 3 is 2.91 bits per heavy atom. The second kappa shape index (κ2) is 7.31. The van der Waals surface area contributed by atoms with Gasteiger partial charge in [0.15, 0.2) is 5.82 Å². The molecule has 3 N–H and O–H groups in total. The summed E-state index contributed by atoms with van der Waals surface area (Å²) < 4.78 is 0. The Morgan fingerprint density at radius 2 is 2.23 bits per heavy atom. The number of aryl methyl sites for hydroxylation is 2. The predicted octanol–water partition coefficient (Wildman–Crippen LogP) is 0.0858. The van der Waals surface area contributed by atoms with E-state index in [2.05, 4.69) is 15.3 Å². The first-order valence-corrected chi connectivity index (χ1v) is 7.59. The highest BCUT2D eigenvalue weighted by molar-refractivity contribution is 5.78. The van der Waals surface area contributed by atoms with Gasteiger partial charge in [0, 0.05) is 31.4 Å². The molecule has 1 aromatic rings. The van der Waals surface area contributed by atoms with Gasteiger partial charge in [-0.3, -0.25) is 9.59 Å². The van der Waals surface area contributed by atoms with E-state index < -0.39 is 0 Å². The second-order valence-corrected chi connectivity index (χ2v) is 5.48. The summed E-state index contributed by atoms with van der Waals surface area (Å²) in [4.78, 5) is 34.1. The van der Waals surface area contributed by atoms with Gasteiger partial charge in [-0.25, -0.2) is 9.97 Å². The van der Waals surface area contributed by atoms with Crippen molar-refractivity contribution >= 4 is 11.8 Å². The van der Waals surface area contributed by atoms with Crippen LogP contribution in [0.5, 0.6) is 0 Å². The molecular formula is C15H23N5O2. The van der Waals surface area contributed by atoms with Crippen LogP contribution in [0.2, 0.25) is 0 Å². The first kappa shape index (κ1) is 16.4. The maximum absolute atomic E-state index is 11.9. The fourth-order valence-corrected chi connectivity index (χ4v) is 2.75. The maximum Gasteiger partial charge on any atom is 0.236 e. The number of nitrogens with zero attached hydrogens (tertiary/aromatic N) is 3. The van der Waals surface area contributed by atoms with E-state index in [1.807, 2.05) is 13.0 Å². The Morgan fingerprint density at radius 1 is 1.45 bits per heavy atom. The highest BCUT2D eigenvalue weighted by atomic mass is 16.2. The molecule has 0 radical (unpaired) electrons. The zero-order valence-corrected chi connectivity index (χ0v) is 13.1. The Bertz CT molecular complexity index is 561. The highest BCUT2D eigenvalue weighted by Gasteiger charge is 2.31. The zero-order chi connectivity index (χ0) is 16.1. The molecule has 1 aliphatic rings. The summed E-state index contributed by atoms with van der Waals surface area (Å²) in [6.45, 7) is 2.61. The van der Waals surface area contributed by atoms with Gasteiger partial charge < -0.3 is 16.0 Å². The van der Waals surface area contributed by atoms with E-state index in [0.29, 0.717) is 25.2 Å². The molecule has 22 heavy (non-hydrogen) atoms. The lowest BCUT2D eigenvalue weighted by atomic mass is 10.1. The normalized spacial score (nSPS) is 17.6. The van der Waals surface area contributed by atoms with Crippen LogP contribution in [0, 0.1) is 6.92 Å². The number of carbonyl (C=O) groups is 2. The summed E-state index contributed by atoms with van der Waals surface area (Å²) in [5, 5.41) is 2.60. The van der Waals surface area contributed by atoms with E-state index in [1.165, 1.54) is 0 Å². The van der Waals surface area contributed by atoms with Crippen LogP contribution in [0.25, 0.3) is 0 Å². The van der Waals surface area contributed by atoms with E-state index in [-0.39, 0.29) is 24.4 Å². The first-order chi connectivity index (χ1) is 10.5. The van der Waals surface area contributed by atoms with E-state index in [0.717, 1.165) is 24.2 Å². The lowest BCUT2D eigenvalue weighted by molar-refractivity contribution is -0.130. The number of nitrogens with one attached hydrogen (secondary N) is 1. The molecule has 1 aromatic heterocycles. The van der Waals surface area contributed by atoms with E-state index >= 15 is 0 Å². The Balaban J connectivity index is 2.18. The van der Waals surface area contributed by atoms with Gasteiger partial charge in [0.05, 0.1) is 12.6 Å². The number of nitrogens with two attached hydrogens (primary N) is 1. The van der Waals surface area contributed by atoms with Crippen molar-refractivity contribution < 1.29 is 9.59 Å². The molecule has 0 saturated carbocycles. The molecule has 0 bridgehead atoms. The molecule has 1 atom stereocenters. The number of aromatic nitrogens is 2. The molecule has 2 amide bonds. The monoisotopic (exact) mass is 305 g/mol. The lowest BCUT2D eigenvalue weighted by Gasteiger charge is -2.23. The van der Waals surface area contributed by atoms with Crippen molar-refractivity contribution in [2.45, 2.75) is 38.6 Å². The van der Waals surface area contributed by atoms with Gasteiger partial charge in [0.1, 0.15) is 0 Å². The largest absolute Gasteiger partial charge is 0.359 e. The molecule has 2 rings (SSSR count). The third kappa shape index (κ3) is 3.79. The van der Waals surface area contributed by atoms with Gasteiger partial charge in [0.2, 0.25) is 11.8 Å². The molecule has 1 unspecified atom stereocenters.